The van der Waals surface area contributed by atoms with Crippen LogP contribution >= 0.6 is 0 Å². The van der Waals surface area contributed by atoms with Crippen LogP contribution in [0.15, 0.2) is 24.8 Å². The molecule has 0 aliphatic heterocycles. The molecule has 0 aromatic heterocycles. The summed E-state index contributed by atoms with van der Waals surface area (Å²) in [5.41, 5.74) is 4.88. The summed E-state index contributed by atoms with van der Waals surface area (Å²) in [5.74, 6) is -0.706. The van der Waals surface area contributed by atoms with E-state index in [4.69, 9.17) is 5.73 Å². The minimum absolute atomic E-state index is 0.0268. The van der Waals surface area contributed by atoms with Gasteiger partial charge in [-0.1, -0.05) is 12.7 Å². The van der Waals surface area contributed by atoms with Crippen LogP contribution in [-0.4, -0.2) is 17.9 Å². The molecule has 0 rings (SSSR count). The highest BCUT2D eigenvalue weighted by Crippen LogP contribution is 1.91. The average Bonchev–Trinajstić information content (AvgIpc) is 2.03. The van der Waals surface area contributed by atoms with Gasteiger partial charge in [-0.15, -0.1) is 0 Å². The first-order valence-corrected chi connectivity index (χ1v) is 3.95. The normalized spacial score (nSPS) is 12.4. The lowest BCUT2D eigenvalue weighted by Gasteiger charge is -2.08. The quantitative estimate of drug-likeness (QED) is 0.592. The van der Waals surface area contributed by atoms with Gasteiger partial charge in [0.05, 0.1) is 0 Å². The fourth-order valence-corrected chi connectivity index (χ4v) is 0.749. The zero-order chi connectivity index (χ0) is 10.3. The van der Waals surface area contributed by atoms with Gasteiger partial charge in [0.2, 0.25) is 11.8 Å². The van der Waals surface area contributed by atoms with Crippen molar-refractivity contribution >= 4 is 11.8 Å². The maximum Gasteiger partial charge on any atom is 0.243 e. The van der Waals surface area contributed by atoms with Crippen LogP contribution in [-0.2, 0) is 9.59 Å². The Morgan fingerprint density at radius 1 is 1.62 bits per heavy atom. The number of hydrogen-bond donors (Lipinski definition) is 2. The number of nitrogens with one attached hydrogen (secondary N) is 1. The van der Waals surface area contributed by atoms with E-state index >= 15 is 0 Å². The second-order valence-corrected chi connectivity index (χ2v) is 2.65. The number of carbonyl (C=O) groups excluding carboxylic acids is 2. The topological polar surface area (TPSA) is 72.2 Å². The van der Waals surface area contributed by atoms with Crippen LogP contribution in [0.4, 0.5) is 0 Å². The summed E-state index contributed by atoms with van der Waals surface area (Å²) in [6, 6.07) is -0.0268. The predicted molar refractivity (Wildman–Crippen MR) is 50.8 cm³/mol. The number of hydrogen-bond acceptors (Lipinski definition) is 2. The van der Waals surface area contributed by atoms with Gasteiger partial charge in [-0.25, -0.2) is 0 Å². The van der Waals surface area contributed by atoms with Gasteiger partial charge < -0.3 is 11.1 Å². The molecule has 3 N–H and O–H groups in total. The monoisotopic (exact) mass is 182 g/mol. The average molecular weight is 182 g/mol. The van der Waals surface area contributed by atoms with E-state index in [1.54, 1.807) is 6.08 Å². The van der Waals surface area contributed by atoms with Crippen LogP contribution in [0, 0.1) is 0 Å². The molecule has 0 fully saturated rings. The van der Waals surface area contributed by atoms with Gasteiger partial charge in [0.25, 0.3) is 0 Å². The van der Waals surface area contributed by atoms with E-state index in [1.165, 1.54) is 12.2 Å². The van der Waals surface area contributed by atoms with Crippen molar-refractivity contribution in [2.45, 2.75) is 19.4 Å². The van der Waals surface area contributed by atoms with Crippen molar-refractivity contribution in [2.75, 3.05) is 0 Å². The van der Waals surface area contributed by atoms with Gasteiger partial charge in [0, 0.05) is 6.04 Å². The number of nitrogens with two attached hydrogens (primary N) is 1. The van der Waals surface area contributed by atoms with Crippen molar-refractivity contribution < 1.29 is 9.59 Å². The summed E-state index contributed by atoms with van der Waals surface area (Å²) < 4.78 is 0. The van der Waals surface area contributed by atoms with E-state index < -0.39 is 5.91 Å². The molecule has 0 bridgehead atoms. The lowest BCUT2D eigenvalue weighted by Crippen LogP contribution is -2.30. The lowest BCUT2D eigenvalue weighted by molar-refractivity contribution is -0.117. The number of rotatable bonds is 5. The maximum atomic E-state index is 10.8. The number of primary amides is 1. The number of amides is 2. The summed E-state index contributed by atoms with van der Waals surface area (Å²) in [6.07, 6.45) is 4.67. The van der Waals surface area contributed by atoms with Crippen molar-refractivity contribution in [3.8, 4) is 0 Å². The van der Waals surface area contributed by atoms with Crippen molar-refractivity contribution in [3.05, 3.63) is 24.8 Å². The van der Waals surface area contributed by atoms with Crippen LogP contribution in [0.2, 0.25) is 0 Å². The van der Waals surface area contributed by atoms with Crippen LogP contribution in [0.5, 0.6) is 0 Å². The smallest absolute Gasteiger partial charge is 0.243 e. The van der Waals surface area contributed by atoms with Crippen molar-refractivity contribution in [1.29, 1.82) is 0 Å². The van der Waals surface area contributed by atoms with Crippen molar-refractivity contribution in [1.82, 2.24) is 5.32 Å². The zero-order valence-electron chi connectivity index (χ0n) is 7.62. The van der Waals surface area contributed by atoms with Crippen LogP contribution in [0.1, 0.15) is 13.3 Å². The minimum Gasteiger partial charge on any atom is -0.366 e. The highest BCUT2D eigenvalue weighted by Gasteiger charge is 2.00. The van der Waals surface area contributed by atoms with Gasteiger partial charge in [0.15, 0.2) is 0 Å². The van der Waals surface area contributed by atoms with Crippen LogP contribution < -0.4 is 11.1 Å². The minimum atomic E-state index is -0.484. The Kier molecular flexibility index (Phi) is 5.27. The molecule has 0 radical (unpaired) electrons. The van der Waals surface area contributed by atoms with E-state index in [0.717, 1.165) is 0 Å². The van der Waals surface area contributed by atoms with Gasteiger partial charge in [-0.2, -0.15) is 0 Å². The Morgan fingerprint density at radius 3 is 2.69 bits per heavy atom. The Hall–Kier alpha value is -1.58. The molecular formula is C9H14N2O2. The third-order valence-corrected chi connectivity index (χ3v) is 1.35. The molecule has 72 valence electrons. The molecule has 0 aliphatic rings. The summed E-state index contributed by atoms with van der Waals surface area (Å²) >= 11 is 0. The second kappa shape index (κ2) is 5.99. The molecule has 1 unspecified atom stereocenters. The molecule has 0 aliphatic carbocycles. The summed E-state index contributed by atoms with van der Waals surface area (Å²) in [5, 5.41) is 2.64. The van der Waals surface area contributed by atoms with Crippen LogP contribution in [0.25, 0.3) is 0 Å². The maximum absolute atomic E-state index is 10.8. The Balaban J connectivity index is 3.74. The number of carbonyl (C=O) groups is 2. The molecule has 4 heteroatoms. The van der Waals surface area contributed by atoms with Crippen molar-refractivity contribution in [3.63, 3.8) is 0 Å². The third-order valence-electron chi connectivity index (χ3n) is 1.35. The van der Waals surface area contributed by atoms with Crippen LogP contribution in [0.3, 0.4) is 0 Å². The Bertz CT molecular complexity index is 234. The lowest BCUT2D eigenvalue weighted by atomic mass is 10.2. The molecular weight excluding hydrogens is 168 g/mol. The molecule has 13 heavy (non-hydrogen) atoms. The first kappa shape index (κ1) is 11.4. The van der Waals surface area contributed by atoms with E-state index in [2.05, 4.69) is 11.9 Å². The van der Waals surface area contributed by atoms with Gasteiger partial charge >= 0.3 is 0 Å². The molecule has 0 heterocycles. The Morgan fingerprint density at radius 2 is 2.23 bits per heavy atom. The standard InChI is InChI=1S/C9H14N2O2/c1-3-9(13)11-7(2)5-4-6-8(10)12/h3-4,6-7H,1,5H2,2H3,(H2,10,12)(H,11,13)/b6-4+. The SMILES string of the molecule is C=CC(=O)NC(C)C/C=C/C(N)=O. The van der Waals surface area contributed by atoms with Crippen molar-refractivity contribution in [2.24, 2.45) is 5.73 Å². The fraction of sp³-hybridized carbons (Fsp3) is 0.333. The Labute approximate surface area is 77.5 Å². The molecule has 0 spiro atoms. The molecule has 1 atom stereocenters. The highest BCUT2D eigenvalue weighted by atomic mass is 16.1. The first-order valence-electron chi connectivity index (χ1n) is 3.95. The van der Waals surface area contributed by atoms with Gasteiger partial charge in [-0.05, 0) is 25.5 Å². The highest BCUT2D eigenvalue weighted by molar-refractivity contribution is 5.87. The third kappa shape index (κ3) is 6.80. The largest absolute Gasteiger partial charge is 0.366 e. The van der Waals surface area contributed by atoms with E-state index in [9.17, 15) is 9.59 Å². The summed E-state index contributed by atoms with van der Waals surface area (Å²) in [6.45, 7) is 5.14. The predicted octanol–water partition coefficient (Wildman–Crippen LogP) is 0.109. The molecule has 0 saturated heterocycles. The summed E-state index contributed by atoms with van der Waals surface area (Å²) in [7, 11) is 0. The molecule has 0 saturated carbocycles. The summed E-state index contributed by atoms with van der Waals surface area (Å²) in [4.78, 5) is 21.1. The van der Waals surface area contributed by atoms with E-state index in [-0.39, 0.29) is 11.9 Å². The molecule has 0 aromatic carbocycles. The first-order chi connectivity index (χ1) is 6.06. The second-order valence-electron chi connectivity index (χ2n) is 2.65. The molecule has 2 amide bonds. The zero-order valence-corrected chi connectivity index (χ0v) is 7.62. The van der Waals surface area contributed by atoms with Gasteiger partial charge in [-0.3, -0.25) is 9.59 Å². The van der Waals surface area contributed by atoms with Gasteiger partial charge in [0.1, 0.15) is 0 Å². The molecule has 0 aromatic rings. The van der Waals surface area contributed by atoms with E-state index in [1.807, 2.05) is 6.92 Å². The fourth-order valence-electron chi connectivity index (χ4n) is 0.749. The van der Waals surface area contributed by atoms with E-state index in [0.29, 0.717) is 6.42 Å². The molecule has 4 nitrogen and oxygen atoms in total.